The van der Waals surface area contributed by atoms with Crippen molar-refractivity contribution in [3.8, 4) is 11.6 Å². The lowest BCUT2D eigenvalue weighted by molar-refractivity contribution is 0.426. The topological polar surface area (TPSA) is 34.1 Å². The third-order valence-corrected chi connectivity index (χ3v) is 3.71. The molecule has 1 heterocycles. The van der Waals surface area contributed by atoms with Gasteiger partial charge in [0.25, 0.3) is 0 Å². The van der Waals surface area contributed by atoms with Crippen molar-refractivity contribution in [1.29, 1.82) is 0 Å². The molecule has 0 bridgehead atoms. The summed E-state index contributed by atoms with van der Waals surface area (Å²) in [5.74, 6) is 0.109. The smallest absolute Gasteiger partial charge is 0.219 e. The van der Waals surface area contributed by atoms with Gasteiger partial charge in [-0.2, -0.15) is 0 Å². The molecule has 5 heteroatoms. The molecule has 1 aromatic carbocycles. The molecule has 3 rings (SSSR count). The lowest BCUT2D eigenvalue weighted by Crippen LogP contribution is -2.15. The second-order valence-electron chi connectivity index (χ2n) is 5.31. The van der Waals surface area contributed by atoms with Crippen LogP contribution in [0.15, 0.2) is 30.5 Å². The summed E-state index contributed by atoms with van der Waals surface area (Å²) in [7, 11) is 0. The lowest BCUT2D eigenvalue weighted by atomic mass is 10.2. The van der Waals surface area contributed by atoms with Crippen LogP contribution in [0.1, 0.15) is 24.0 Å². The fourth-order valence-electron chi connectivity index (χ4n) is 1.99. The van der Waals surface area contributed by atoms with Gasteiger partial charge in [-0.25, -0.2) is 9.37 Å². The van der Waals surface area contributed by atoms with E-state index in [0.717, 1.165) is 11.1 Å². The van der Waals surface area contributed by atoms with Crippen molar-refractivity contribution in [2.75, 3.05) is 0 Å². The second-order valence-corrected chi connectivity index (χ2v) is 5.71. The van der Waals surface area contributed by atoms with Crippen molar-refractivity contribution in [2.24, 2.45) is 0 Å². The molecule has 1 saturated carbocycles. The van der Waals surface area contributed by atoms with Gasteiger partial charge < -0.3 is 10.1 Å². The first-order valence-corrected chi connectivity index (χ1v) is 7.31. The predicted octanol–water partition coefficient (Wildman–Crippen LogP) is 4.23. The third-order valence-electron chi connectivity index (χ3n) is 3.37. The molecular formula is C16H16ClFN2O. The number of nitrogens with one attached hydrogen (secondary N) is 1. The van der Waals surface area contributed by atoms with Gasteiger partial charge in [0.1, 0.15) is 0 Å². The van der Waals surface area contributed by atoms with E-state index >= 15 is 0 Å². The number of aromatic nitrogens is 1. The maximum absolute atomic E-state index is 13.7. The van der Waals surface area contributed by atoms with Crippen molar-refractivity contribution < 1.29 is 9.13 Å². The molecule has 2 aromatic rings. The normalized spacial score (nSPS) is 14.2. The first-order chi connectivity index (χ1) is 10.1. The van der Waals surface area contributed by atoms with Gasteiger partial charge in [-0.1, -0.05) is 17.7 Å². The molecular weight excluding hydrogens is 291 g/mol. The van der Waals surface area contributed by atoms with Gasteiger partial charge in [0.05, 0.1) is 5.02 Å². The zero-order valence-electron chi connectivity index (χ0n) is 11.7. The number of halogens is 2. The summed E-state index contributed by atoms with van der Waals surface area (Å²) in [6.45, 7) is 2.55. The monoisotopic (exact) mass is 306 g/mol. The van der Waals surface area contributed by atoms with Crippen LogP contribution in [-0.2, 0) is 6.54 Å². The molecule has 0 spiro atoms. The highest BCUT2D eigenvalue weighted by Crippen LogP contribution is 2.27. The van der Waals surface area contributed by atoms with Crippen LogP contribution in [0.25, 0.3) is 0 Å². The van der Waals surface area contributed by atoms with E-state index in [9.17, 15) is 4.39 Å². The molecule has 0 radical (unpaired) electrons. The van der Waals surface area contributed by atoms with Crippen molar-refractivity contribution in [2.45, 2.75) is 32.4 Å². The molecule has 1 aromatic heterocycles. The quantitative estimate of drug-likeness (QED) is 0.897. The summed E-state index contributed by atoms with van der Waals surface area (Å²) in [6, 6.07) is 7.07. The van der Waals surface area contributed by atoms with Crippen LogP contribution in [0.3, 0.4) is 0 Å². The Balaban J connectivity index is 1.78. The largest absolute Gasteiger partial charge is 0.436 e. The van der Waals surface area contributed by atoms with Gasteiger partial charge >= 0.3 is 0 Å². The maximum Gasteiger partial charge on any atom is 0.219 e. The summed E-state index contributed by atoms with van der Waals surface area (Å²) in [5, 5.41) is 3.97. The molecule has 0 saturated heterocycles. The molecule has 0 atom stereocenters. The van der Waals surface area contributed by atoms with E-state index in [1.54, 1.807) is 18.2 Å². The first kappa shape index (κ1) is 14.3. The van der Waals surface area contributed by atoms with E-state index in [2.05, 4.69) is 10.3 Å². The molecule has 1 fully saturated rings. The first-order valence-electron chi connectivity index (χ1n) is 6.93. The molecule has 21 heavy (non-hydrogen) atoms. The zero-order valence-corrected chi connectivity index (χ0v) is 12.5. The van der Waals surface area contributed by atoms with Gasteiger partial charge in [-0.15, -0.1) is 0 Å². The summed E-state index contributed by atoms with van der Waals surface area (Å²) in [5.41, 5.74) is 1.83. The van der Waals surface area contributed by atoms with Gasteiger partial charge in [0, 0.05) is 24.8 Å². The third kappa shape index (κ3) is 3.71. The van der Waals surface area contributed by atoms with E-state index in [-0.39, 0.29) is 5.75 Å². The summed E-state index contributed by atoms with van der Waals surface area (Å²) in [6.07, 6.45) is 3.95. The molecule has 3 nitrogen and oxygen atoms in total. The van der Waals surface area contributed by atoms with Crippen LogP contribution in [0.5, 0.6) is 11.6 Å². The number of ether oxygens (including phenoxy) is 1. The fourth-order valence-corrected chi connectivity index (χ4v) is 2.16. The number of hydrogen-bond donors (Lipinski definition) is 1. The molecule has 1 N–H and O–H groups in total. The maximum atomic E-state index is 13.7. The Kier molecular flexibility index (Phi) is 4.08. The molecule has 0 amide bonds. The standard InChI is InChI=1S/C16H16ClFN2O/c1-10-2-5-14(18)15(6-10)21-16-7-11(13(17)9-20-16)8-19-12-3-4-12/h2,5-7,9,12,19H,3-4,8H2,1H3. The Morgan fingerprint density at radius 3 is 2.95 bits per heavy atom. The minimum absolute atomic E-state index is 0.172. The van der Waals surface area contributed by atoms with Crippen molar-refractivity contribution in [3.63, 3.8) is 0 Å². The summed E-state index contributed by atoms with van der Waals surface area (Å²) >= 11 is 6.13. The average molecular weight is 307 g/mol. The number of nitrogens with zero attached hydrogens (tertiary/aromatic N) is 1. The van der Waals surface area contributed by atoms with Gasteiger partial charge in [0.2, 0.25) is 5.88 Å². The molecule has 1 aliphatic rings. The predicted molar refractivity (Wildman–Crippen MR) is 80.3 cm³/mol. The van der Waals surface area contributed by atoms with E-state index in [1.807, 2.05) is 6.92 Å². The second kappa shape index (κ2) is 6.00. The number of aryl methyl sites for hydroxylation is 1. The van der Waals surface area contributed by atoms with Crippen LogP contribution in [0.4, 0.5) is 4.39 Å². The molecule has 1 aliphatic carbocycles. The highest BCUT2D eigenvalue weighted by atomic mass is 35.5. The lowest BCUT2D eigenvalue weighted by Gasteiger charge is -2.10. The van der Waals surface area contributed by atoms with Crippen molar-refractivity contribution in [1.82, 2.24) is 10.3 Å². The van der Waals surface area contributed by atoms with Gasteiger partial charge in [-0.05, 0) is 43.0 Å². The van der Waals surface area contributed by atoms with Crippen molar-refractivity contribution >= 4 is 11.6 Å². The molecule has 0 unspecified atom stereocenters. The zero-order chi connectivity index (χ0) is 14.8. The molecule has 110 valence electrons. The van der Waals surface area contributed by atoms with E-state index in [4.69, 9.17) is 16.3 Å². The Morgan fingerprint density at radius 1 is 1.38 bits per heavy atom. The van der Waals surface area contributed by atoms with E-state index in [0.29, 0.717) is 23.5 Å². The van der Waals surface area contributed by atoms with Crippen LogP contribution < -0.4 is 10.1 Å². The summed E-state index contributed by atoms with van der Waals surface area (Å²) < 4.78 is 19.2. The van der Waals surface area contributed by atoms with Crippen LogP contribution >= 0.6 is 11.6 Å². The highest BCUT2D eigenvalue weighted by Gasteiger charge is 2.20. The van der Waals surface area contributed by atoms with Crippen LogP contribution in [-0.4, -0.2) is 11.0 Å². The number of pyridine rings is 1. The fraction of sp³-hybridized carbons (Fsp3) is 0.312. The van der Waals surface area contributed by atoms with Crippen LogP contribution in [0.2, 0.25) is 5.02 Å². The number of benzene rings is 1. The van der Waals surface area contributed by atoms with Crippen molar-refractivity contribution in [3.05, 3.63) is 52.4 Å². The van der Waals surface area contributed by atoms with Crippen LogP contribution in [0, 0.1) is 12.7 Å². The van der Waals surface area contributed by atoms with E-state index < -0.39 is 5.82 Å². The highest BCUT2D eigenvalue weighted by molar-refractivity contribution is 6.31. The number of rotatable bonds is 5. The Labute approximate surface area is 128 Å². The summed E-state index contributed by atoms with van der Waals surface area (Å²) in [4.78, 5) is 4.10. The van der Waals surface area contributed by atoms with Gasteiger partial charge in [-0.3, -0.25) is 0 Å². The minimum Gasteiger partial charge on any atom is -0.436 e. The number of hydrogen-bond acceptors (Lipinski definition) is 3. The van der Waals surface area contributed by atoms with E-state index in [1.165, 1.54) is 25.1 Å². The molecule has 0 aliphatic heterocycles. The van der Waals surface area contributed by atoms with Gasteiger partial charge in [0.15, 0.2) is 11.6 Å². The SMILES string of the molecule is Cc1ccc(F)c(Oc2cc(CNC3CC3)c(Cl)cn2)c1. The minimum atomic E-state index is -0.407. The average Bonchev–Trinajstić information content (AvgIpc) is 3.27. The Bertz CT molecular complexity index is 659. The Morgan fingerprint density at radius 2 is 2.19 bits per heavy atom. The Hall–Kier alpha value is -1.65.